The normalized spacial score (nSPS) is 25.4. The number of tetrazole rings is 1. The molecule has 0 N–H and O–H groups in total. The second kappa shape index (κ2) is 6.27. The zero-order valence-electron chi connectivity index (χ0n) is 11.9. The highest BCUT2D eigenvalue weighted by atomic mass is 32.2. The molecule has 0 saturated heterocycles. The second-order valence-electron chi connectivity index (χ2n) is 5.52. The summed E-state index contributed by atoms with van der Waals surface area (Å²) in [5, 5.41) is 22.4. The first-order valence-electron chi connectivity index (χ1n) is 7.18. The molecule has 1 aromatic heterocycles. The van der Waals surface area contributed by atoms with E-state index in [0.717, 1.165) is 30.1 Å². The molecule has 0 amide bonds. The first kappa shape index (κ1) is 14.1. The van der Waals surface area contributed by atoms with E-state index in [2.05, 4.69) is 28.5 Å². The highest BCUT2D eigenvalue weighted by Gasteiger charge is 2.31. The third-order valence-corrected chi connectivity index (χ3v) is 5.21. The summed E-state index contributed by atoms with van der Waals surface area (Å²) in [6, 6.07) is 12.3. The van der Waals surface area contributed by atoms with E-state index in [1.807, 2.05) is 30.3 Å². The van der Waals surface area contributed by atoms with Gasteiger partial charge in [-0.05, 0) is 47.7 Å². The van der Waals surface area contributed by atoms with Crippen LogP contribution in [0.25, 0.3) is 5.69 Å². The average molecular weight is 299 g/mol. The van der Waals surface area contributed by atoms with Crippen molar-refractivity contribution < 1.29 is 0 Å². The van der Waals surface area contributed by atoms with Crippen LogP contribution in [0.4, 0.5) is 0 Å². The summed E-state index contributed by atoms with van der Waals surface area (Å²) in [7, 11) is 0. The minimum absolute atomic E-state index is 0.0899. The molecule has 0 spiro atoms. The van der Waals surface area contributed by atoms with Crippen LogP contribution in [0.3, 0.4) is 0 Å². The van der Waals surface area contributed by atoms with Crippen LogP contribution in [0.15, 0.2) is 35.5 Å². The molecular formula is C15H17N5S. The first-order valence-corrected chi connectivity index (χ1v) is 8.06. The molecule has 108 valence electrons. The maximum atomic E-state index is 9.34. The lowest BCUT2D eigenvalue weighted by atomic mass is 9.83. The molecule has 3 unspecified atom stereocenters. The minimum atomic E-state index is 0.0899. The molecule has 3 rings (SSSR count). The molecule has 0 radical (unpaired) electrons. The lowest BCUT2D eigenvalue weighted by molar-refractivity contribution is 0.345. The Balaban J connectivity index is 1.82. The fourth-order valence-electron chi connectivity index (χ4n) is 2.73. The smallest absolute Gasteiger partial charge is 0.198 e. The van der Waals surface area contributed by atoms with E-state index < -0.39 is 0 Å². The number of nitrogens with zero attached hydrogens (tertiary/aromatic N) is 5. The molecule has 0 bridgehead atoms. The van der Waals surface area contributed by atoms with Gasteiger partial charge in [-0.2, -0.15) is 9.94 Å². The van der Waals surface area contributed by atoms with Crippen molar-refractivity contribution in [2.24, 2.45) is 11.8 Å². The Hall–Kier alpha value is -1.87. The quantitative estimate of drug-likeness (QED) is 0.871. The van der Waals surface area contributed by atoms with Crippen LogP contribution in [0.1, 0.15) is 26.2 Å². The predicted molar refractivity (Wildman–Crippen MR) is 80.9 cm³/mol. The van der Waals surface area contributed by atoms with Gasteiger partial charge in [-0.15, -0.1) is 5.10 Å². The Bertz CT molecular complexity index is 633. The molecule has 1 aliphatic carbocycles. The lowest BCUT2D eigenvalue weighted by Crippen LogP contribution is -2.25. The topological polar surface area (TPSA) is 67.4 Å². The van der Waals surface area contributed by atoms with Gasteiger partial charge in [0.15, 0.2) is 0 Å². The largest absolute Gasteiger partial charge is 0.214 e. The highest BCUT2D eigenvalue weighted by molar-refractivity contribution is 7.99. The van der Waals surface area contributed by atoms with E-state index in [9.17, 15) is 5.26 Å². The summed E-state index contributed by atoms with van der Waals surface area (Å²) < 4.78 is 1.75. The van der Waals surface area contributed by atoms with E-state index in [4.69, 9.17) is 0 Å². The maximum absolute atomic E-state index is 9.34. The molecule has 3 atom stereocenters. The van der Waals surface area contributed by atoms with Crippen LogP contribution in [-0.4, -0.2) is 25.5 Å². The third-order valence-electron chi connectivity index (χ3n) is 3.92. The van der Waals surface area contributed by atoms with Gasteiger partial charge in [0.2, 0.25) is 5.16 Å². The molecule has 21 heavy (non-hydrogen) atoms. The fraction of sp³-hybridized carbons (Fsp3) is 0.467. The van der Waals surface area contributed by atoms with E-state index >= 15 is 0 Å². The molecule has 1 saturated carbocycles. The van der Waals surface area contributed by atoms with Gasteiger partial charge < -0.3 is 0 Å². The minimum Gasteiger partial charge on any atom is -0.198 e. The Morgan fingerprint density at radius 2 is 2.10 bits per heavy atom. The van der Waals surface area contributed by atoms with Crippen LogP contribution >= 0.6 is 11.8 Å². The Labute approximate surface area is 128 Å². The predicted octanol–water partition coefficient (Wildman–Crippen LogP) is 3.08. The number of aromatic nitrogens is 4. The average Bonchev–Trinajstić information content (AvgIpc) is 2.96. The number of hydrogen-bond donors (Lipinski definition) is 0. The number of benzene rings is 1. The number of rotatable bonds is 3. The van der Waals surface area contributed by atoms with Gasteiger partial charge in [0.1, 0.15) is 0 Å². The van der Waals surface area contributed by atoms with Crippen LogP contribution in [0, 0.1) is 23.2 Å². The van der Waals surface area contributed by atoms with Gasteiger partial charge in [0.25, 0.3) is 0 Å². The lowest BCUT2D eigenvalue weighted by Gasteiger charge is -2.29. The van der Waals surface area contributed by atoms with Crippen molar-refractivity contribution in [3.05, 3.63) is 30.3 Å². The van der Waals surface area contributed by atoms with Crippen LogP contribution in [0.5, 0.6) is 0 Å². The van der Waals surface area contributed by atoms with Gasteiger partial charge in [-0.1, -0.05) is 36.9 Å². The monoisotopic (exact) mass is 299 g/mol. The SMILES string of the molecule is CC1CCC(C#N)C(Sc2nnnn2-c2ccccc2)C1. The van der Waals surface area contributed by atoms with Gasteiger partial charge in [0.05, 0.1) is 17.7 Å². The molecule has 1 aliphatic rings. The van der Waals surface area contributed by atoms with E-state index in [1.165, 1.54) is 0 Å². The van der Waals surface area contributed by atoms with Crippen LogP contribution in [0.2, 0.25) is 0 Å². The Kier molecular flexibility index (Phi) is 4.20. The van der Waals surface area contributed by atoms with Crippen LogP contribution < -0.4 is 0 Å². The zero-order valence-corrected chi connectivity index (χ0v) is 12.7. The van der Waals surface area contributed by atoms with Crippen molar-refractivity contribution in [1.29, 1.82) is 5.26 Å². The van der Waals surface area contributed by atoms with E-state index in [-0.39, 0.29) is 11.2 Å². The molecule has 1 heterocycles. The summed E-state index contributed by atoms with van der Waals surface area (Å²) in [5.41, 5.74) is 0.947. The maximum Gasteiger partial charge on any atom is 0.214 e. The fourth-order valence-corrected chi connectivity index (χ4v) is 4.11. The summed E-state index contributed by atoms with van der Waals surface area (Å²) in [6.07, 6.45) is 3.16. The van der Waals surface area contributed by atoms with Crippen molar-refractivity contribution in [3.63, 3.8) is 0 Å². The number of para-hydroxylation sites is 1. The number of hydrogen-bond acceptors (Lipinski definition) is 5. The second-order valence-corrected chi connectivity index (χ2v) is 6.73. The van der Waals surface area contributed by atoms with Crippen LogP contribution in [-0.2, 0) is 0 Å². The third kappa shape index (κ3) is 3.08. The Morgan fingerprint density at radius 3 is 2.86 bits per heavy atom. The standard InChI is InChI=1S/C15H17N5S/c1-11-7-8-12(10-16)14(9-11)21-15-17-18-19-20(15)13-5-3-2-4-6-13/h2-6,11-12,14H,7-9H2,1H3. The van der Waals surface area contributed by atoms with E-state index in [0.29, 0.717) is 5.92 Å². The molecule has 5 nitrogen and oxygen atoms in total. The summed E-state index contributed by atoms with van der Waals surface area (Å²) >= 11 is 1.63. The zero-order chi connectivity index (χ0) is 14.7. The molecule has 6 heteroatoms. The molecule has 2 aromatic rings. The Morgan fingerprint density at radius 1 is 1.29 bits per heavy atom. The van der Waals surface area contributed by atoms with Gasteiger partial charge >= 0.3 is 0 Å². The van der Waals surface area contributed by atoms with Crippen molar-refractivity contribution >= 4 is 11.8 Å². The summed E-state index contributed by atoms with van der Waals surface area (Å²) in [4.78, 5) is 0. The first-order chi connectivity index (χ1) is 10.3. The molecular weight excluding hydrogens is 282 g/mol. The summed E-state index contributed by atoms with van der Waals surface area (Å²) in [5.74, 6) is 0.750. The van der Waals surface area contributed by atoms with Gasteiger partial charge in [0, 0.05) is 5.25 Å². The number of thioether (sulfide) groups is 1. The van der Waals surface area contributed by atoms with E-state index in [1.54, 1.807) is 16.4 Å². The van der Waals surface area contributed by atoms with Crippen molar-refractivity contribution in [2.45, 2.75) is 36.6 Å². The van der Waals surface area contributed by atoms with Crippen molar-refractivity contribution in [3.8, 4) is 11.8 Å². The molecule has 0 aliphatic heterocycles. The highest BCUT2D eigenvalue weighted by Crippen LogP contribution is 2.39. The van der Waals surface area contributed by atoms with Crippen molar-refractivity contribution in [2.75, 3.05) is 0 Å². The number of nitriles is 1. The molecule has 1 aromatic carbocycles. The summed E-state index contributed by atoms with van der Waals surface area (Å²) in [6.45, 7) is 2.25. The molecule has 1 fully saturated rings. The van der Waals surface area contributed by atoms with Crippen molar-refractivity contribution in [1.82, 2.24) is 20.2 Å². The van der Waals surface area contributed by atoms with Gasteiger partial charge in [-0.25, -0.2) is 0 Å². The van der Waals surface area contributed by atoms with Gasteiger partial charge in [-0.3, -0.25) is 0 Å².